The number of hydrogen-bond donors (Lipinski definition) is 0. The lowest BCUT2D eigenvalue weighted by atomic mass is 10.1. The van der Waals surface area contributed by atoms with Crippen molar-refractivity contribution in [3.8, 4) is 0 Å². The van der Waals surface area contributed by atoms with E-state index in [1.165, 1.54) is 6.08 Å². The van der Waals surface area contributed by atoms with Gasteiger partial charge in [0.25, 0.3) is 0 Å². The van der Waals surface area contributed by atoms with Crippen LogP contribution in [0.25, 0.3) is 5.57 Å². The molecule has 3 heteroatoms. The lowest BCUT2D eigenvalue weighted by Gasteiger charge is -1.99. The fourth-order valence-corrected chi connectivity index (χ4v) is 1.39. The average molecular weight is 260 g/mol. The number of allylic oxidation sites excluding steroid dienone is 2. The van der Waals surface area contributed by atoms with Crippen LogP contribution in [0.5, 0.6) is 0 Å². The van der Waals surface area contributed by atoms with E-state index in [0.29, 0.717) is 0 Å². The molecule has 0 aliphatic heterocycles. The van der Waals surface area contributed by atoms with Crippen molar-refractivity contribution in [3.63, 3.8) is 0 Å². The summed E-state index contributed by atoms with van der Waals surface area (Å²) >= 11 is 8.56. The Bertz CT molecular complexity index is 340. The minimum Gasteiger partial charge on any atom is -0.276 e. The molecule has 0 bridgehead atoms. The maximum Gasteiger partial charge on any atom is 0.245 e. The first kappa shape index (κ1) is 10.5. The smallest absolute Gasteiger partial charge is 0.245 e. The van der Waals surface area contributed by atoms with Gasteiger partial charge in [-0.15, -0.1) is 0 Å². The van der Waals surface area contributed by atoms with Gasteiger partial charge in [-0.05, 0) is 41.8 Å². The standard InChI is InChI=1S/C10H8BrClO/c1-7(6-10(12)13)8-2-4-9(11)5-3-8/h2-6H,1H3. The van der Waals surface area contributed by atoms with Crippen LogP contribution in [0.2, 0.25) is 0 Å². The summed E-state index contributed by atoms with van der Waals surface area (Å²) in [5.74, 6) is 0. The van der Waals surface area contributed by atoms with Gasteiger partial charge in [-0.3, -0.25) is 4.79 Å². The minimum atomic E-state index is -0.444. The topological polar surface area (TPSA) is 17.1 Å². The largest absolute Gasteiger partial charge is 0.276 e. The third-order valence-electron chi connectivity index (χ3n) is 1.63. The highest BCUT2D eigenvalue weighted by Gasteiger charge is 1.97. The normalized spacial score (nSPS) is 11.5. The SMILES string of the molecule is CC(=CC(=O)Cl)c1ccc(Br)cc1. The van der Waals surface area contributed by atoms with E-state index < -0.39 is 5.24 Å². The molecule has 0 saturated heterocycles. The maximum absolute atomic E-state index is 10.6. The molecular weight excluding hydrogens is 251 g/mol. The Morgan fingerprint density at radius 3 is 2.38 bits per heavy atom. The van der Waals surface area contributed by atoms with Gasteiger partial charge in [0.1, 0.15) is 0 Å². The van der Waals surface area contributed by atoms with E-state index in [4.69, 9.17) is 11.6 Å². The summed E-state index contributed by atoms with van der Waals surface area (Å²) in [4.78, 5) is 10.6. The Balaban J connectivity index is 2.96. The number of hydrogen-bond acceptors (Lipinski definition) is 1. The molecule has 13 heavy (non-hydrogen) atoms. The molecule has 1 aromatic carbocycles. The number of benzene rings is 1. The van der Waals surface area contributed by atoms with Gasteiger partial charge in [0.2, 0.25) is 5.24 Å². The third-order valence-corrected chi connectivity index (χ3v) is 2.27. The van der Waals surface area contributed by atoms with Crippen LogP contribution in [0.15, 0.2) is 34.8 Å². The summed E-state index contributed by atoms with van der Waals surface area (Å²) in [5, 5.41) is -0.444. The summed E-state index contributed by atoms with van der Waals surface area (Å²) in [5.41, 5.74) is 1.87. The molecule has 0 amide bonds. The van der Waals surface area contributed by atoms with Gasteiger partial charge in [-0.1, -0.05) is 28.1 Å². The zero-order valence-electron chi connectivity index (χ0n) is 7.05. The summed E-state index contributed by atoms with van der Waals surface area (Å²) in [6.45, 7) is 1.85. The Kier molecular flexibility index (Phi) is 3.70. The molecule has 0 saturated carbocycles. The van der Waals surface area contributed by atoms with E-state index >= 15 is 0 Å². The van der Waals surface area contributed by atoms with Crippen LogP contribution in [0.3, 0.4) is 0 Å². The molecule has 0 spiro atoms. The van der Waals surface area contributed by atoms with Gasteiger partial charge in [-0.2, -0.15) is 0 Å². The number of rotatable bonds is 2. The summed E-state index contributed by atoms with van der Waals surface area (Å²) < 4.78 is 1.02. The van der Waals surface area contributed by atoms with Crippen molar-refractivity contribution in [1.82, 2.24) is 0 Å². The van der Waals surface area contributed by atoms with E-state index in [1.54, 1.807) is 0 Å². The Labute approximate surface area is 90.5 Å². The second-order valence-electron chi connectivity index (χ2n) is 2.64. The van der Waals surface area contributed by atoms with Crippen LogP contribution in [0.1, 0.15) is 12.5 Å². The van der Waals surface area contributed by atoms with Crippen molar-refractivity contribution in [1.29, 1.82) is 0 Å². The molecule has 1 aromatic rings. The molecule has 1 rings (SSSR count). The van der Waals surface area contributed by atoms with Crippen LogP contribution in [-0.2, 0) is 4.79 Å². The van der Waals surface area contributed by atoms with Gasteiger partial charge < -0.3 is 0 Å². The molecule has 0 aliphatic rings. The lowest BCUT2D eigenvalue weighted by Crippen LogP contribution is -1.83. The third kappa shape index (κ3) is 3.33. The molecule has 0 unspecified atom stereocenters. The molecular formula is C10H8BrClO. The first-order valence-corrected chi connectivity index (χ1v) is 4.90. The maximum atomic E-state index is 10.6. The molecule has 0 heterocycles. The first-order chi connectivity index (χ1) is 6.09. The fraction of sp³-hybridized carbons (Fsp3) is 0.100. The zero-order valence-corrected chi connectivity index (χ0v) is 9.39. The van der Waals surface area contributed by atoms with Crippen molar-refractivity contribution in [2.75, 3.05) is 0 Å². The predicted molar refractivity (Wildman–Crippen MR) is 58.7 cm³/mol. The van der Waals surface area contributed by atoms with E-state index in [0.717, 1.165) is 15.6 Å². The molecule has 0 aromatic heterocycles. The van der Waals surface area contributed by atoms with Crippen LogP contribution >= 0.6 is 27.5 Å². The van der Waals surface area contributed by atoms with Gasteiger partial charge in [-0.25, -0.2) is 0 Å². The average Bonchev–Trinajstić information content (AvgIpc) is 2.04. The molecule has 0 fully saturated rings. The molecule has 0 N–H and O–H groups in total. The summed E-state index contributed by atoms with van der Waals surface area (Å²) in [6.07, 6.45) is 1.41. The molecule has 0 aliphatic carbocycles. The highest BCUT2D eigenvalue weighted by Crippen LogP contribution is 2.17. The minimum absolute atomic E-state index is 0.444. The van der Waals surface area contributed by atoms with Crippen LogP contribution in [0.4, 0.5) is 0 Å². The van der Waals surface area contributed by atoms with Crippen LogP contribution < -0.4 is 0 Å². The monoisotopic (exact) mass is 258 g/mol. The van der Waals surface area contributed by atoms with Crippen LogP contribution in [-0.4, -0.2) is 5.24 Å². The predicted octanol–water partition coefficient (Wildman–Crippen LogP) is 3.62. The summed E-state index contributed by atoms with van der Waals surface area (Å²) in [6, 6.07) is 7.70. The quantitative estimate of drug-likeness (QED) is 0.586. The van der Waals surface area contributed by atoms with E-state index in [-0.39, 0.29) is 0 Å². The van der Waals surface area contributed by atoms with Crippen molar-refractivity contribution in [2.45, 2.75) is 6.92 Å². The second-order valence-corrected chi connectivity index (χ2v) is 3.93. The van der Waals surface area contributed by atoms with Gasteiger partial charge in [0.15, 0.2) is 0 Å². The highest BCUT2D eigenvalue weighted by atomic mass is 79.9. The highest BCUT2D eigenvalue weighted by molar-refractivity contribution is 9.10. The van der Waals surface area contributed by atoms with Gasteiger partial charge >= 0.3 is 0 Å². The lowest BCUT2D eigenvalue weighted by molar-refractivity contribution is -0.107. The summed E-state index contributed by atoms with van der Waals surface area (Å²) in [7, 11) is 0. The zero-order chi connectivity index (χ0) is 9.84. The Morgan fingerprint density at radius 1 is 1.38 bits per heavy atom. The Hall–Kier alpha value is -0.600. The number of carbonyl (C=O) groups is 1. The van der Waals surface area contributed by atoms with Crippen molar-refractivity contribution < 1.29 is 4.79 Å². The van der Waals surface area contributed by atoms with E-state index in [1.807, 2.05) is 31.2 Å². The Morgan fingerprint density at radius 2 is 1.92 bits per heavy atom. The van der Waals surface area contributed by atoms with Gasteiger partial charge in [0, 0.05) is 10.5 Å². The molecule has 68 valence electrons. The van der Waals surface area contributed by atoms with Crippen molar-refractivity contribution in [2.24, 2.45) is 0 Å². The molecule has 0 atom stereocenters. The van der Waals surface area contributed by atoms with E-state index in [9.17, 15) is 4.79 Å². The van der Waals surface area contributed by atoms with Crippen LogP contribution in [0, 0.1) is 0 Å². The first-order valence-electron chi connectivity index (χ1n) is 3.73. The second kappa shape index (κ2) is 4.58. The number of halogens is 2. The van der Waals surface area contributed by atoms with E-state index in [2.05, 4.69) is 15.9 Å². The van der Waals surface area contributed by atoms with Gasteiger partial charge in [0.05, 0.1) is 0 Å². The van der Waals surface area contributed by atoms with Crippen molar-refractivity contribution in [3.05, 3.63) is 40.4 Å². The molecule has 0 radical (unpaired) electrons. The number of carbonyl (C=O) groups excluding carboxylic acids is 1. The fourth-order valence-electron chi connectivity index (χ4n) is 0.966. The molecule has 1 nitrogen and oxygen atoms in total. The van der Waals surface area contributed by atoms with Crippen molar-refractivity contribution >= 4 is 38.3 Å².